The largest absolute Gasteiger partial charge is 0.326 e. The molecule has 0 bridgehead atoms. The average Bonchev–Trinajstić information content (AvgIpc) is 2.22. The first-order valence-electron chi connectivity index (χ1n) is 4.36. The van der Waals surface area contributed by atoms with Crippen LogP contribution in [0.4, 0.5) is 5.69 Å². The molecule has 2 nitrogen and oxygen atoms in total. The summed E-state index contributed by atoms with van der Waals surface area (Å²) in [6.07, 6.45) is 0. The van der Waals surface area contributed by atoms with Crippen LogP contribution in [0.1, 0.15) is 6.92 Å². The number of hydrogen-bond acceptors (Lipinski definition) is 1. The molecule has 1 amide bonds. The molecule has 0 radical (unpaired) electrons. The standard InChI is InChI=1S/C10H10Cl3NO/c1-6(5-11)10(15)14-7-2-3-8(12)9(13)4-7/h2-4,6H,5H2,1H3,(H,14,15). The minimum Gasteiger partial charge on any atom is -0.326 e. The summed E-state index contributed by atoms with van der Waals surface area (Å²) in [5.74, 6) is -0.0859. The third-order valence-corrected chi connectivity index (χ3v) is 3.07. The monoisotopic (exact) mass is 265 g/mol. The van der Waals surface area contributed by atoms with Gasteiger partial charge < -0.3 is 5.32 Å². The molecule has 0 aromatic heterocycles. The number of benzene rings is 1. The first kappa shape index (κ1) is 12.6. The Hall–Kier alpha value is -0.440. The lowest BCUT2D eigenvalue weighted by molar-refractivity contribution is -0.118. The number of carbonyl (C=O) groups is 1. The van der Waals surface area contributed by atoms with Gasteiger partial charge in [0.05, 0.1) is 10.0 Å². The van der Waals surface area contributed by atoms with E-state index in [9.17, 15) is 4.79 Å². The number of halogens is 3. The average molecular weight is 267 g/mol. The maximum atomic E-state index is 11.5. The fourth-order valence-electron chi connectivity index (χ4n) is 0.909. The van der Waals surface area contributed by atoms with Gasteiger partial charge in [-0.25, -0.2) is 0 Å². The molecule has 1 aromatic carbocycles. The molecule has 5 heteroatoms. The Morgan fingerprint density at radius 1 is 1.40 bits per heavy atom. The Balaban J connectivity index is 2.73. The summed E-state index contributed by atoms with van der Waals surface area (Å²) in [5.41, 5.74) is 0.617. The Morgan fingerprint density at radius 2 is 2.07 bits per heavy atom. The van der Waals surface area contributed by atoms with Crippen LogP contribution in [-0.4, -0.2) is 11.8 Å². The highest BCUT2D eigenvalue weighted by Gasteiger charge is 2.11. The molecule has 82 valence electrons. The molecule has 1 N–H and O–H groups in total. The van der Waals surface area contributed by atoms with Crippen LogP contribution in [0.15, 0.2) is 18.2 Å². The van der Waals surface area contributed by atoms with Gasteiger partial charge in [0.15, 0.2) is 0 Å². The van der Waals surface area contributed by atoms with Crippen molar-refractivity contribution in [3.8, 4) is 0 Å². The predicted octanol–water partition coefficient (Wildman–Crippen LogP) is 3.81. The maximum Gasteiger partial charge on any atom is 0.228 e. The van der Waals surface area contributed by atoms with E-state index in [1.54, 1.807) is 25.1 Å². The minimum atomic E-state index is -0.235. The molecule has 0 aliphatic rings. The zero-order valence-electron chi connectivity index (χ0n) is 8.06. The zero-order valence-corrected chi connectivity index (χ0v) is 10.3. The van der Waals surface area contributed by atoms with Crippen LogP contribution in [0.5, 0.6) is 0 Å². The van der Waals surface area contributed by atoms with Crippen molar-refractivity contribution in [3.05, 3.63) is 28.2 Å². The van der Waals surface area contributed by atoms with Crippen molar-refractivity contribution >= 4 is 46.4 Å². The van der Waals surface area contributed by atoms with Gasteiger partial charge in [0.1, 0.15) is 0 Å². The van der Waals surface area contributed by atoms with Crippen LogP contribution in [0.3, 0.4) is 0 Å². The molecule has 0 heterocycles. The van der Waals surface area contributed by atoms with Crippen molar-refractivity contribution in [3.63, 3.8) is 0 Å². The van der Waals surface area contributed by atoms with Crippen LogP contribution >= 0.6 is 34.8 Å². The van der Waals surface area contributed by atoms with E-state index in [4.69, 9.17) is 34.8 Å². The lowest BCUT2D eigenvalue weighted by Crippen LogP contribution is -2.21. The van der Waals surface area contributed by atoms with Crippen LogP contribution in [0.25, 0.3) is 0 Å². The Kier molecular flexibility index (Phi) is 4.71. The van der Waals surface area contributed by atoms with Gasteiger partial charge in [-0.2, -0.15) is 0 Å². The number of rotatable bonds is 3. The molecule has 0 saturated heterocycles. The predicted molar refractivity (Wildman–Crippen MR) is 65.0 cm³/mol. The van der Waals surface area contributed by atoms with Gasteiger partial charge in [0.2, 0.25) is 5.91 Å². The van der Waals surface area contributed by atoms with E-state index in [2.05, 4.69) is 5.32 Å². The van der Waals surface area contributed by atoms with Gasteiger partial charge in [0.25, 0.3) is 0 Å². The molecule has 1 atom stereocenters. The van der Waals surface area contributed by atoms with E-state index >= 15 is 0 Å². The third kappa shape index (κ3) is 3.56. The third-order valence-electron chi connectivity index (χ3n) is 1.87. The fraction of sp³-hybridized carbons (Fsp3) is 0.300. The topological polar surface area (TPSA) is 29.1 Å². The fourth-order valence-corrected chi connectivity index (χ4v) is 1.35. The quantitative estimate of drug-likeness (QED) is 0.828. The van der Waals surface area contributed by atoms with Gasteiger partial charge >= 0.3 is 0 Å². The van der Waals surface area contributed by atoms with E-state index in [0.29, 0.717) is 15.7 Å². The second kappa shape index (κ2) is 5.59. The molecule has 0 aliphatic heterocycles. The van der Waals surface area contributed by atoms with Gasteiger partial charge in [-0.1, -0.05) is 30.1 Å². The van der Waals surface area contributed by atoms with Gasteiger partial charge in [-0.05, 0) is 18.2 Å². The summed E-state index contributed by atoms with van der Waals surface area (Å²) in [4.78, 5) is 11.5. The van der Waals surface area contributed by atoms with Crippen molar-refractivity contribution in [2.45, 2.75) is 6.92 Å². The Morgan fingerprint density at radius 3 is 2.60 bits per heavy atom. The summed E-state index contributed by atoms with van der Waals surface area (Å²) in [6.45, 7) is 1.75. The highest BCUT2D eigenvalue weighted by Crippen LogP contribution is 2.25. The van der Waals surface area contributed by atoms with E-state index < -0.39 is 0 Å². The van der Waals surface area contributed by atoms with Gasteiger partial charge in [-0.15, -0.1) is 11.6 Å². The van der Waals surface area contributed by atoms with Crippen LogP contribution in [-0.2, 0) is 4.79 Å². The van der Waals surface area contributed by atoms with E-state index in [-0.39, 0.29) is 17.7 Å². The molecule has 0 spiro atoms. The van der Waals surface area contributed by atoms with Gasteiger partial charge in [0, 0.05) is 17.5 Å². The number of hydrogen-bond donors (Lipinski definition) is 1. The molecular weight excluding hydrogens is 256 g/mol. The second-order valence-electron chi connectivity index (χ2n) is 3.17. The SMILES string of the molecule is CC(CCl)C(=O)Nc1ccc(Cl)c(Cl)c1. The van der Waals surface area contributed by atoms with Crippen molar-refractivity contribution in [2.24, 2.45) is 5.92 Å². The Labute approximate surface area is 104 Å². The number of carbonyl (C=O) groups excluding carboxylic acids is 1. The van der Waals surface area contributed by atoms with Crippen LogP contribution in [0.2, 0.25) is 10.0 Å². The highest BCUT2D eigenvalue weighted by atomic mass is 35.5. The lowest BCUT2D eigenvalue weighted by Gasteiger charge is -2.09. The molecular formula is C10H10Cl3NO. The smallest absolute Gasteiger partial charge is 0.228 e. The summed E-state index contributed by atoms with van der Waals surface area (Å²) in [6, 6.07) is 4.92. The first-order valence-corrected chi connectivity index (χ1v) is 5.65. The molecule has 1 unspecified atom stereocenters. The van der Waals surface area contributed by atoms with E-state index in [1.165, 1.54) is 0 Å². The number of anilines is 1. The molecule has 1 aromatic rings. The van der Waals surface area contributed by atoms with Crippen LogP contribution < -0.4 is 5.32 Å². The molecule has 0 saturated carbocycles. The summed E-state index contributed by atoms with van der Waals surface area (Å²) in [5, 5.41) is 3.56. The van der Waals surface area contributed by atoms with Crippen molar-refractivity contribution < 1.29 is 4.79 Å². The second-order valence-corrected chi connectivity index (χ2v) is 4.30. The number of nitrogens with one attached hydrogen (secondary N) is 1. The maximum absolute atomic E-state index is 11.5. The molecule has 0 aliphatic carbocycles. The van der Waals surface area contributed by atoms with Crippen molar-refractivity contribution in [2.75, 3.05) is 11.2 Å². The first-order chi connectivity index (χ1) is 7.04. The van der Waals surface area contributed by atoms with E-state index in [1.807, 2.05) is 0 Å². The highest BCUT2D eigenvalue weighted by molar-refractivity contribution is 6.42. The van der Waals surface area contributed by atoms with Crippen molar-refractivity contribution in [1.29, 1.82) is 0 Å². The number of amides is 1. The lowest BCUT2D eigenvalue weighted by atomic mass is 10.2. The molecule has 15 heavy (non-hydrogen) atoms. The Bertz CT molecular complexity index is 368. The summed E-state index contributed by atoms with van der Waals surface area (Å²) >= 11 is 17.1. The van der Waals surface area contributed by atoms with Crippen molar-refractivity contribution in [1.82, 2.24) is 0 Å². The summed E-state index contributed by atoms with van der Waals surface area (Å²) < 4.78 is 0. The minimum absolute atomic E-state index is 0.136. The number of alkyl halides is 1. The summed E-state index contributed by atoms with van der Waals surface area (Å²) in [7, 11) is 0. The van der Waals surface area contributed by atoms with E-state index in [0.717, 1.165) is 0 Å². The van der Waals surface area contributed by atoms with Crippen LogP contribution in [0, 0.1) is 5.92 Å². The molecule has 0 fully saturated rings. The van der Waals surface area contributed by atoms with Gasteiger partial charge in [-0.3, -0.25) is 4.79 Å². The normalized spacial score (nSPS) is 12.3. The zero-order chi connectivity index (χ0) is 11.4. The molecule has 1 rings (SSSR count).